The van der Waals surface area contributed by atoms with E-state index < -0.39 is 12.0 Å². The molecule has 1 aromatic heterocycles. The molecular formula is C16H19ClN2O3. The molecule has 1 aromatic carbocycles. The van der Waals surface area contributed by atoms with Gasteiger partial charge in [0.1, 0.15) is 5.76 Å². The molecule has 0 bridgehead atoms. The quantitative estimate of drug-likeness (QED) is 0.887. The number of benzene rings is 1. The second-order valence-corrected chi connectivity index (χ2v) is 5.65. The van der Waals surface area contributed by atoms with E-state index in [4.69, 9.17) is 16.1 Å². The third kappa shape index (κ3) is 3.48. The number of carbonyl (C=O) groups is 1. The number of carbonyl (C=O) groups excluding carboxylic acids is 1. The van der Waals surface area contributed by atoms with Crippen LogP contribution in [0.3, 0.4) is 0 Å². The molecule has 0 spiro atoms. The van der Waals surface area contributed by atoms with Crippen molar-refractivity contribution in [2.75, 3.05) is 6.54 Å². The summed E-state index contributed by atoms with van der Waals surface area (Å²) >= 11 is 6.03. The van der Waals surface area contributed by atoms with Crippen molar-refractivity contribution in [3.8, 4) is 0 Å². The zero-order chi connectivity index (χ0) is 16.3. The van der Waals surface area contributed by atoms with Crippen molar-refractivity contribution >= 4 is 17.5 Å². The molecule has 0 aliphatic rings. The lowest BCUT2D eigenvalue weighted by molar-refractivity contribution is -0.122. The molecule has 2 atom stereocenters. The highest BCUT2D eigenvalue weighted by atomic mass is 35.5. The van der Waals surface area contributed by atoms with Crippen molar-refractivity contribution in [2.24, 2.45) is 0 Å². The Balaban J connectivity index is 2.00. The number of aliphatic hydroxyl groups is 1. The summed E-state index contributed by atoms with van der Waals surface area (Å²) in [6.07, 6.45) is -0.852. The minimum atomic E-state index is -0.852. The molecular weight excluding hydrogens is 304 g/mol. The molecule has 0 fully saturated rings. The van der Waals surface area contributed by atoms with Crippen LogP contribution in [-0.2, 0) is 4.79 Å². The number of halogens is 1. The average Bonchev–Trinajstić information content (AvgIpc) is 2.83. The largest absolute Gasteiger partial charge is 0.387 e. The highest BCUT2D eigenvalue weighted by molar-refractivity contribution is 6.31. The van der Waals surface area contributed by atoms with Gasteiger partial charge in [0, 0.05) is 22.7 Å². The fourth-order valence-corrected chi connectivity index (χ4v) is 2.71. The van der Waals surface area contributed by atoms with Gasteiger partial charge in [-0.3, -0.25) is 4.79 Å². The van der Waals surface area contributed by atoms with Crippen LogP contribution < -0.4 is 5.32 Å². The second-order valence-electron chi connectivity index (χ2n) is 5.24. The number of rotatable bonds is 5. The van der Waals surface area contributed by atoms with Crippen molar-refractivity contribution in [3.63, 3.8) is 0 Å². The van der Waals surface area contributed by atoms with Crippen LogP contribution in [0.5, 0.6) is 0 Å². The summed E-state index contributed by atoms with van der Waals surface area (Å²) in [5.74, 6) is 0.0389. The minimum absolute atomic E-state index is 0.0935. The summed E-state index contributed by atoms with van der Waals surface area (Å²) < 4.78 is 5.08. The SMILES string of the molecule is Cc1noc(C)c1C(C)C(=O)NCC(O)c1ccccc1Cl. The molecule has 6 heteroatoms. The van der Waals surface area contributed by atoms with E-state index in [2.05, 4.69) is 10.5 Å². The van der Waals surface area contributed by atoms with E-state index in [1.165, 1.54) is 0 Å². The Bertz CT molecular complexity index is 650. The lowest BCUT2D eigenvalue weighted by Gasteiger charge is -2.16. The lowest BCUT2D eigenvalue weighted by atomic mass is 9.98. The number of aromatic nitrogens is 1. The van der Waals surface area contributed by atoms with Crippen LogP contribution in [0.2, 0.25) is 5.02 Å². The number of amides is 1. The molecule has 22 heavy (non-hydrogen) atoms. The van der Waals surface area contributed by atoms with Crippen LogP contribution in [0.15, 0.2) is 28.8 Å². The van der Waals surface area contributed by atoms with E-state index in [1.807, 2.05) is 0 Å². The van der Waals surface area contributed by atoms with Gasteiger partial charge in [-0.15, -0.1) is 0 Å². The Labute approximate surface area is 134 Å². The standard InChI is InChI=1S/C16H19ClN2O3/c1-9(15-10(2)19-22-11(15)3)16(21)18-8-14(20)12-6-4-5-7-13(12)17/h4-7,9,14,20H,8H2,1-3H3,(H,18,21). The smallest absolute Gasteiger partial charge is 0.227 e. The summed E-state index contributed by atoms with van der Waals surface area (Å²) in [4.78, 5) is 12.2. The summed E-state index contributed by atoms with van der Waals surface area (Å²) in [5, 5.41) is 17.2. The van der Waals surface area contributed by atoms with Crippen molar-refractivity contribution in [1.29, 1.82) is 0 Å². The second kappa shape index (κ2) is 6.94. The normalized spacial score (nSPS) is 13.7. The van der Waals surface area contributed by atoms with Gasteiger partial charge in [-0.1, -0.05) is 35.0 Å². The summed E-state index contributed by atoms with van der Waals surface area (Å²) in [6.45, 7) is 5.45. The van der Waals surface area contributed by atoms with Crippen LogP contribution in [0.25, 0.3) is 0 Å². The number of aliphatic hydroxyl groups excluding tert-OH is 1. The Kier molecular flexibility index (Phi) is 5.21. The molecule has 0 saturated carbocycles. The van der Waals surface area contributed by atoms with Gasteiger partial charge in [-0.05, 0) is 26.8 Å². The van der Waals surface area contributed by atoms with E-state index in [-0.39, 0.29) is 12.5 Å². The lowest BCUT2D eigenvalue weighted by Crippen LogP contribution is -2.32. The summed E-state index contributed by atoms with van der Waals surface area (Å²) in [7, 11) is 0. The van der Waals surface area contributed by atoms with Gasteiger partial charge in [0.25, 0.3) is 0 Å². The van der Waals surface area contributed by atoms with Crippen molar-refractivity contribution < 1.29 is 14.4 Å². The Morgan fingerprint density at radius 3 is 2.68 bits per heavy atom. The first kappa shape index (κ1) is 16.5. The molecule has 0 aliphatic heterocycles. The molecule has 2 rings (SSSR count). The minimum Gasteiger partial charge on any atom is -0.387 e. The first-order chi connectivity index (χ1) is 10.4. The maximum absolute atomic E-state index is 12.2. The van der Waals surface area contributed by atoms with Gasteiger partial charge in [-0.2, -0.15) is 0 Å². The fourth-order valence-electron chi connectivity index (χ4n) is 2.45. The first-order valence-electron chi connectivity index (χ1n) is 7.04. The van der Waals surface area contributed by atoms with Gasteiger partial charge >= 0.3 is 0 Å². The van der Waals surface area contributed by atoms with Crippen LogP contribution in [-0.4, -0.2) is 22.7 Å². The number of hydrogen-bond acceptors (Lipinski definition) is 4. The van der Waals surface area contributed by atoms with E-state index >= 15 is 0 Å². The fraction of sp³-hybridized carbons (Fsp3) is 0.375. The van der Waals surface area contributed by atoms with Crippen LogP contribution in [0.4, 0.5) is 0 Å². The number of nitrogens with zero attached hydrogens (tertiary/aromatic N) is 1. The van der Waals surface area contributed by atoms with Crippen LogP contribution in [0.1, 0.15) is 41.5 Å². The maximum atomic E-state index is 12.2. The van der Waals surface area contributed by atoms with E-state index in [0.29, 0.717) is 22.0 Å². The topological polar surface area (TPSA) is 75.4 Å². The van der Waals surface area contributed by atoms with Gasteiger partial charge in [0.2, 0.25) is 5.91 Å². The third-order valence-electron chi connectivity index (χ3n) is 3.65. The first-order valence-corrected chi connectivity index (χ1v) is 7.42. The summed E-state index contributed by atoms with van der Waals surface area (Å²) in [5.41, 5.74) is 2.07. The molecule has 2 N–H and O–H groups in total. The van der Waals surface area contributed by atoms with Crippen LogP contribution in [0, 0.1) is 13.8 Å². The zero-order valence-electron chi connectivity index (χ0n) is 12.8. The molecule has 2 unspecified atom stereocenters. The predicted molar refractivity (Wildman–Crippen MR) is 83.8 cm³/mol. The van der Waals surface area contributed by atoms with E-state index in [0.717, 1.165) is 5.56 Å². The number of aryl methyl sites for hydroxylation is 2. The average molecular weight is 323 g/mol. The highest BCUT2D eigenvalue weighted by Gasteiger charge is 2.23. The van der Waals surface area contributed by atoms with E-state index in [9.17, 15) is 9.90 Å². The number of hydrogen-bond donors (Lipinski definition) is 2. The zero-order valence-corrected chi connectivity index (χ0v) is 13.5. The maximum Gasteiger partial charge on any atom is 0.227 e. The van der Waals surface area contributed by atoms with E-state index in [1.54, 1.807) is 45.0 Å². The highest BCUT2D eigenvalue weighted by Crippen LogP contribution is 2.24. The molecule has 0 saturated heterocycles. The molecule has 0 aliphatic carbocycles. The molecule has 1 heterocycles. The molecule has 2 aromatic rings. The van der Waals surface area contributed by atoms with Crippen molar-refractivity contribution in [1.82, 2.24) is 10.5 Å². The van der Waals surface area contributed by atoms with Crippen molar-refractivity contribution in [3.05, 3.63) is 51.9 Å². The van der Waals surface area contributed by atoms with Crippen LogP contribution >= 0.6 is 11.6 Å². The Morgan fingerprint density at radius 1 is 1.41 bits per heavy atom. The van der Waals surface area contributed by atoms with Gasteiger partial charge in [-0.25, -0.2) is 0 Å². The molecule has 0 radical (unpaired) electrons. The Hall–Kier alpha value is -1.85. The van der Waals surface area contributed by atoms with Crippen molar-refractivity contribution in [2.45, 2.75) is 32.8 Å². The Morgan fingerprint density at radius 2 is 2.09 bits per heavy atom. The molecule has 118 valence electrons. The summed E-state index contributed by atoms with van der Waals surface area (Å²) in [6, 6.07) is 7.01. The van der Waals surface area contributed by atoms with Gasteiger partial charge < -0.3 is 14.9 Å². The third-order valence-corrected chi connectivity index (χ3v) is 3.99. The molecule has 1 amide bonds. The monoisotopic (exact) mass is 322 g/mol. The van der Waals surface area contributed by atoms with Gasteiger partial charge in [0.15, 0.2) is 0 Å². The molecule has 5 nitrogen and oxygen atoms in total. The predicted octanol–water partition coefficient (Wildman–Crippen LogP) is 2.90. The number of nitrogens with one attached hydrogen (secondary N) is 1. The van der Waals surface area contributed by atoms with Gasteiger partial charge in [0.05, 0.1) is 17.7 Å².